The Balaban J connectivity index is 2.04. The first kappa shape index (κ1) is 30.5. The lowest BCUT2D eigenvalue weighted by molar-refractivity contribution is -0.140. The maximum Gasteiger partial charge on any atom is 0.264 e. The summed E-state index contributed by atoms with van der Waals surface area (Å²) < 4.78 is 28.7. The van der Waals surface area contributed by atoms with Gasteiger partial charge in [-0.3, -0.25) is 13.9 Å². The van der Waals surface area contributed by atoms with Crippen LogP contribution in [0.3, 0.4) is 0 Å². The molecule has 208 valence electrons. The Morgan fingerprint density at radius 3 is 2.15 bits per heavy atom. The Hall–Kier alpha value is -3.07. The van der Waals surface area contributed by atoms with E-state index in [0.29, 0.717) is 21.3 Å². The number of carbonyl (C=O) groups excluding carboxylic acids is 2. The largest absolute Gasteiger partial charge is 0.350 e. The fraction of sp³-hybridized carbons (Fsp3) is 0.310. The highest BCUT2D eigenvalue weighted by atomic mass is 35.5. The van der Waals surface area contributed by atoms with E-state index in [1.54, 1.807) is 49.4 Å². The van der Waals surface area contributed by atoms with Crippen molar-refractivity contribution >= 4 is 50.7 Å². The van der Waals surface area contributed by atoms with Crippen LogP contribution in [0.15, 0.2) is 77.7 Å². The number of carbonyl (C=O) groups is 2. The molecule has 3 rings (SSSR count). The molecule has 1 atom stereocenters. The number of benzene rings is 3. The van der Waals surface area contributed by atoms with Crippen molar-refractivity contribution < 1.29 is 18.0 Å². The Morgan fingerprint density at radius 1 is 0.923 bits per heavy atom. The van der Waals surface area contributed by atoms with Crippen molar-refractivity contribution in [2.75, 3.05) is 10.8 Å². The molecule has 0 spiro atoms. The molecule has 0 aromatic heterocycles. The van der Waals surface area contributed by atoms with Gasteiger partial charge in [0.2, 0.25) is 11.8 Å². The summed E-state index contributed by atoms with van der Waals surface area (Å²) in [7, 11) is -4.17. The van der Waals surface area contributed by atoms with Gasteiger partial charge in [0, 0.05) is 22.1 Å². The third-order valence-corrected chi connectivity index (χ3v) is 8.15. The van der Waals surface area contributed by atoms with E-state index in [1.165, 1.54) is 29.2 Å². The molecule has 1 N–H and O–H groups in total. The van der Waals surface area contributed by atoms with E-state index in [-0.39, 0.29) is 17.3 Å². The van der Waals surface area contributed by atoms with Crippen molar-refractivity contribution in [3.05, 3.63) is 94.0 Å². The van der Waals surface area contributed by atoms with Crippen LogP contribution in [0.2, 0.25) is 10.0 Å². The minimum Gasteiger partial charge on any atom is -0.350 e. The Labute approximate surface area is 240 Å². The van der Waals surface area contributed by atoms with Gasteiger partial charge in [-0.2, -0.15) is 0 Å². The molecule has 0 aliphatic carbocycles. The fourth-order valence-electron chi connectivity index (χ4n) is 3.93. The topological polar surface area (TPSA) is 86.8 Å². The van der Waals surface area contributed by atoms with Gasteiger partial charge in [-0.1, -0.05) is 47.5 Å². The van der Waals surface area contributed by atoms with Crippen LogP contribution in [-0.2, 0) is 26.2 Å². The van der Waals surface area contributed by atoms with Crippen molar-refractivity contribution in [1.82, 2.24) is 10.2 Å². The summed E-state index contributed by atoms with van der Waals surface area (Å²) in [6, 6.07) is 18.7. The van der Waals surface area contributed by atoms with E-state index >= 15 is 0 Å². The van der Waals surface area contributed by atoms with E-state index in [0.717, 1.165) is 9.87 Å². The summed E-state index contributed by atoms with van der Waals surface area (Å²) >= 11 is 12.2. The molecule has 0 aliphatic heterocycles. The zero-order valence-electron chi connectivity index (χ0n) is 22.6. The van der Waals surface area contributed by atoms with Crippen LogP contribution in [0.25, 0.3) is 0 Å². The van der Waals surface area contributed by atoms with Gasteiger partial charge in [-0.15, -0.1) is 0 Å². The smallest absolute Gasteiger partial charge is 0.264 e. The van der Waals surface area contributed by atoms with E-state index in [2.05, 4.69) is 5.32 Å². The third-order valence-electron chi connectivity index (χ3n) is 5.88. The molecular weight excluding hydrogens is 557 g/mol. The number of halogens is 2. The summed E-state index contributed by atoms with van der Waals surface area (Å²) in [6.07, 6.45) is 0. The minimum atomic E-state index is -4.17. The van der Waals surface area contributed by atoms with Crippen molar-refractivity contribution in [2.24, 2.45) is 0 Å². The standard InChI is InChI=1S/C29H33Cl2N3O4S/c1-20-8-6-11-25(16-20)34(39(37,38)26-14-12-23(30)13-15-26)19-27(35)33(18-22-9-7-10-24(31)17-22)21(2)28(36)32-29(3,4)5/h6-17,21H,18-19H2,1-5H3,(H,32,36). The quantitative estimate of drug-likeness (QED) is 0.340. The van der Waals surface area contributed by atoms with Gasteiger partial charge in [-0.05, 0) is 94.3 Å². The number of hydrogen-bond acceptors (Lipinski definition) is 4. The van der Waals surface area contributed by atoms with Crippen LogP contribution in [0.1, 0.15) is 38.8 Å². The van der Waals surface area contributed by atoms with Crippen LogP contribution < -0.4 is 9.62 Å². The van der Waals surface area contributed by atoms with E-state index in [9.17, 15) is 18.0 Å². The second-order valence-electron chi connectivity index (χ2n) is 10.4. The van der Waals surface area contributed by atoms with Gasteiger partial charge in [0.05, 0.1) is 10.6 Å². The van der Waals surface area contributed by atoms with E-state index in [4.69, 9.17) is 23.2 Å². The Kier molecular flexibility index (Phi) is 9.69. The van der Waals surface area contributed by atoms with Gasteiger partial charge >= 0.3 is 0 Å². The van der Waals surface area contributed by atoms with E-state index in [1.807, 2.05) is 33.8 Å². The first-order chi connectivity index (χ1) is 18.2. The average Bonchev–Trinajstić information content (AvgIpc) is 2.84. The lowest BCUT2D eigenvalue weighted by Crippen LogP contribution is -2.54. The molecule has 2 amide bonds. The van der Waals surface area contributed by atoms with Crippen molar-refractivity contribution in [3.63, 3.8) is 0 Å². The summed E-state index contributed by atoms with van der Waals surface area (Å²) in [5.74, 6) is -0.911. The summed E-state index contributed by atoms with van der Waals surface area (Å²) in [5, 5.41) is 3.77. The number of hydrogen-bond donors (Lipinski definition) is 1. The maximum absolute atomic E-state index is 13.9. The monoisotopic (exact) mass is 589 g/mol. The zero-order valence-corrected chi connectivity index (χ0v) is 24.9. The molecule has 1 unspecified atom stereocenters. The number of sulfonamides is 1. The highest BCUT2D eigenvalue weighted by Gasteiger charge is 2.33. The molecule has 0 fully saturated rings. The number of aryl methyl sites for hydroxylation is 1. The SMILES string of the molecule is Cc1cccc(N(CC(=O)N(Cc2cccc(Cl)c2)C(C)C(=O)NC(C)(C)C)S(=O)(=O)c2ccc(Cl)cc2)c1. The van der Waals surface area contributed by atoms with Crippen LogP contribution >= 0.6 is 23.2 Å². The zero-order chi connectivity index (χ0) is 29.0. The van der Waals surface area contributed by atoms with Gasteiger partial charge in [-0.25, -0.2) is 8.42 Å². The summed E-state index contributed by atoms with van der Waals surface area (Å²) in [5.41, 5.74) is 1.33. The molecule has 0 saturated carbocycles. The summed E-state index contributed by atoms with van der Waals surface area (Å²) in [4.78, 5) is 28.4. The van der Waals surface area contributed by atoms with Crippen molar-refractivity contribution in [1.29, 1.82) is 0 Å². The average molecular weight is 591 g/mol. The second kappa shape index (κ2) is 12.4. The molecule has 7 nitrogen and oxygen atoms in total. The number of amides is 2. The fourth-order valence-corrected chi connectivity index (χ4v) is 5.68. The van der Waals surface area contributed by atoms with Gasteiger partial charge in [0.1, 0.15) is 12.6 Å². The predicted molar refractivity (Wildman–Crippen MR) is 157 cm³/mol. The van der Waals surface area contributed by atoms with Crippen LogP contribution in [0.4, 0.5) is 5.69 Å². The Morgan fingerprint density at radius 2 is 1.56 bits per heavy atom. The van der Waals surface area contributed by atoms with Crippen LogP contribution in [-0.4, -0.2) is 43.3 Å². The number of rotatable bonds is 9. The highest BCUT2D eigenvalue weighted by molar-refractivity contribution is 7.92. The van der Waals surface area contributed by atoms with Gasteiger partial charge in [0.15, 0.2) is 0 Å². The molecular formula is C29H33Cl2N3O4S. The molecule has 0 heterocycles. The number of nitrogens with one attached hydrogen (secondary N) is 1. The molecule has 0 radical (unpaired) electrons. The predicted octanol–water partition coefficient (Wildman–Crippen LogP) is 5.83. The maximum atomic E-state index is 13.9. The minimum absolute atomic E-state index is 0.0129. The lowest BCUT2D eigenvalue weighted by atomic mass is 10.1. The van der Waals surface area contributed by atoms with Gasteiger partial charge < -0.3 is 10.2 Å². The first-order valence-electron chi connectivity index (χ1n) is 12.4. The normalized spacial score (nSPS) is 12.5. The second-order valence-corrected chi connectivity index (χ2v) is 13.1. The van der Waals surface area contributed by atoms with Crippen LogP contribution in [0, 0.1) is 6.92 Å². The Bertz CT molecular complexity index is 1440. The van der Waals surface area contributed by atoms with Crippen molar-refractivity contribution in [3.8, 4) is 0 Å². The first-order valence-corrected chi connectivity index (χ1v) is 14.6. The van der Waals surface area contributed by atoms with Crippen LogP contribution in [0.5, 0.6) is 0 Å². The molecule has 3 aromatic carbocycles. The molecule has 3 aromatic rings. The van der Waals surface area contributed by atoms with Crippen molar-refractivity contribution in [2.45, 2.75) is 57.6 Å². The summed E-state index contributed by atoms with van der Waals surface area (Å²) in [6.45, 7) is 8.52. The molecule has 0 bridgehead atoms. The number of anilines is 1. The number of nitrogens with zero attached hydrogens (tertiary/aromatic N) is 2. The molecule has 10 heteroatoms. The lowest BCUT2D eigenvalue weighted by Gasteiger charge is -2.33. The molecule has 0 saturated heterocycles. The van der Waals surface area contributed by atoms with Gasteiger partial charge in [0.25, 0.3) is 10.0 Å². The highest BCUT2D eigenvalue weighted by Crippen LogP contribution is 2.26. The molecule has 0 aliphatic rings. The molecule has 39 heavy (non-hydrogen) atoms. The van der Waals surface area contributed by atoms with E-state index < -0.39 is 34.1 Å². The third kappa shape index (κ3) is 8.21.